The third-order valence-electron chi connectivity index (χ3n) is 1.89. The van der Waals surface area contributed by atoms with Crippen molar-refractivity contribution in [3.63, 3.8) is 0 Å². The van der Waals surface area contributed by atoms with Crippen molar-refractivity contribution in [2.24, 2.45) is 0 Å². The molecule has 2 rings (SSSR count). The quantitative estimate of drug-likeness (QED) is 0.624. The zero-order valence-corrected chi connectivity index (χ0v) is 9.84. The number of rotatable bonds is 0. The second-order valence-electron chi connectivity index (χ2n) is 2.61. The molecule has 0 spiro atoms. The first-order chi connectivity index (χ1) is 5.38. The summed E-state index contributed by atoms with van der Waals surface area (Å²) < 4.78 is 3.15. The molecule has 1 heterocycles. The van der Waals surface area contributed by atoms with Crippen LogP contribution in [0, 0.1) is 0 Å². The van der Waals surface area contributed by atoms with Gasteiger partial charge >= 0.3 is 80.2 Å². The van der Waals surface area contributed by atoms with Gasteiger partial charge in [0, 0.05) is 0 Å². The Hall–Kier alpha value is 0.259. The first-order valence-electron chi connectivity index (χ1n) is 3.71. The SMILES string of the molecule is C[C@@H]1[Se]C[Se]c2ccccc21. The maximum absolute atomic E-state index is 2.37. The molecule has 1 atom stereocenters. The van der Waals surface area contributed by atoms with E-state index in [0.29, 0.717) is 0 Å². The first kappa shape index (κ1) is 7.88. The number of hydrogen-bond acceptors (Lipinski definition) is 0. The van der Waals surface area contributed by atoms with Gasteiger partial charge in [-0.15, -0.1) is 0 Å². The molecular formula is C9H10Se2. The van der Waals surface area contributed by atoms with E-state index in [1.807, 2.05) is 0 Å². The number of fused-ring (bicyclic) bond motifs is 1. The van der Waals surface area contributed by atoms with E-state index in [9.17, 15) is 0 Å². The van der Waals surface area contributed by atoms with Gasteiger partial charge in [0.15, 0.2) is 0 Å². The van der Waals surface area contributed by atoms with Crippen molar-refractivity contribution in [2.45, 2.75) is 16.0 Å². The van der Waals surface area contributed by atoms with E-state index in [1.54, 1.807) is 10.0 Å². The summed E-state index contributed by atoms with van der Waals surface area (Å²) in [6.45, 7) is 2.37. The normalized spacial score (nSPS) is 22.8. The Labute approximate surface area is 80.1 Å². The molecule has 0 saturated heterocycles. The van der Waals surface area contributed by atoms with E-state index in [2.05, 4.69) is 31.2 Å². The molecule has 0 bridgehead atoms. The van der Waals surface area contributed by atoms with E-state index >= 15 is 0 Å². The molecule has 0 unspecified atom stereocenters. The summed E-state index contributed by atoms with van der Waals surface area (Å²) in [5.41, 5.74) is 1.64. The van der Waals surface area contributed by atoms with Crippen molar-refractivity contribution >= 4 is 34.4 Å². The minimum absolute atomic E-state index is 0.795. The van der Waals surface area contributed by atoms with Gasteiger partial charge in [0.1, 0.15) is 0 Å². The summed E-state index contributed by atoms with van der Waals surface area (Å²) in [6, 6.07) is 8.96. The molecule has 1 aliphatic heterocycles. The maximum atomic E-state index is 2.37. The molecule has 2 heteroatoms. The van der Waals surface area contributed by atoms with Crippen LogP contribution in [0.4, 0.5) is 0 Å². The van der Waals surface area contributed by atoms with Gasteiger partial charge in [0.2, 0.25) is 0 Å². The van der Waals surface area contributed by atoms with Crippen molar-refractivity contribution in [2.75, 3.05) is 0 Å². The van der Waals surface area contributed by atoms with Crippen LogP contribution < -0.4 is 4.46 Å². The van der Waals surface area contributed by atoms with Crippen LogP contribution in [0.25, 0.3) is 0 Å². The second-order valence-corrected chi connectivity index (χ2v) is 9.38. The van der Waals surface area contributed by atoms with E-state index in [4.69, 9.17) is 0 Å². The van der Waals surface area contributed by atoms with Gasteiger partial charge in [-0.05, 0) is 0 Å². The third-order valence-corrected chi connectivity index (χ3v) is 8.20. The molecule has 1 aromatic rings. The fourth-order valence-electron chi connectivity index (χ4n) is 1.24. The van der Waals surface area contributed by atoms with Crippen LogP contribution in [-0.2, 0) is 0 Å². The van der Waals surface area contributed by atoms with Crippen LogP contribution in [0.5, 0.6) is 0 Å². The fourth-order valence-corrected chi connectivity index (χ4v) is 8.84. The molecule has 11 heavy (non-hydrogen) atoms. The summed E-state index contributed by atoms with van der Waals surface area (Å²) in [6.07, 6.45) is 0. The zero-order valence-electron chi connectivity index (χ0n) is 6.41. The molecule has 1 aromatic carbocycles. The molecule has 58 valence electrons. The van der Waals surface area contributed by atoms with Gasteiger partial charge in [0.25, 0.3) is 0 Å². The summed E-state index contributed by atoms with van der Waals surface area (Å²) in [5, 5.41) is 0. The molecule has 0 radical (unpaired) electrons. The van der Waals surface area contributed by atoms with Crippen LogP contribution in [0.2, 0.25) is 4.22 Å². The molecule has 0 nitrogen and oxygen atoms in total. The molecule has 0 aliphatic carbocycles. The van der Waals surface area contributed by atoms with Crippen molar-refractivity contribution < 1.29 is 0 Å². The second kappa shape index (κ2) is 3.33. The summed E-state index contributed by atoms with van der Waals surface area (Å²) in [4.78, 5) is 0.870. The number of hydrogen-bond donors (Lipinski definition) is 0. The number of benzene rings is 1. The van der Waals surface area contributed by atoms with E-state index in [-0.39, 0.29) is 0 Å². The Morgan fingerprint density at radius 2 is 2.18 bits per heavy atom. The van der Waals surface area contributed by atoms with E-state index < -0.39 is 0 Å². The van der Waals surface area contributed by atoms with Crippen molar-refractivity contribution in [1.29, 1.82) is 0 Å². The van der Waals surface area contributed by atoms with Crippen LogP contribution in [0.1, 0.15) is 17.3 Å². The van der Waals surface area contributed by atoms with Crippen LogP contribution in [0.3, 0.4) is 0 Å². The Bertz CT molecular complexity index is 257. The Balaban J connectivity index is 2.44. The van der Waals surface area contributed by atoms with Gasteiger partial charge in [-0.25, -0.2) is 0 Å². The summed E-state index contributed by atoms with van der Waals surface area (Å²) in [5.74, 6) is 0. The molecule has 0 saturated carbocycles. The molecular weight excluding hydrogens is 266 g/mol. The van der Waals surface area contributed by atoms with E-state index in [1.165, 1.54) is 4.22 Å². The van der Waals surface area contributed by atoms with Gasteiger partial charge in [-0.1, -0.05) is 0 Å². The monoisotopic (exact) mass is 278 g/mol. The summed E-state index contributed by atoms with van der Waals surface area (Å²) in [7, 11) is 0. The Morgan fingerprint density at radius 3 is 3.00 bits per heavy atom. The van der Waals surface area contributed by atoms with Crippen molar-refractivity contribution in [3.05, 3.63) is 29.8 Å². The third kappa shape index (κ3) is 1.55. The predicted molar refractivity (Wildman–Crippen MR) is 50.8 cm³/mol. The van der Waals surface area contributed by atoms with Crippen molar-refractivity contribution in [3.8, 4) is 0 Å². The van der Waals surface area contributed by atoms with Crippen LogP contribution >= 0.6 is 0 Å². The topological polar surface area (TPSA) is 0 Å². The first-order valence-corrected chi connectivity index (χ1v) is 7.98. The standard InChI is InChI=1S/C9H10Se2/c1-7-8-4-2-3-5-9(8)11-6-10-7/h2-5,7H,6H2,1H3/t7-/m0/s1. The molecule has 1 aliphatic rings. The molecule has 0 aromatic heterocycles. The zero-order chi connectivity index (χ0) is 7.68. The summed E-state index contributed by atoms with van der Waals surface area (Å²) >= 11 is 1.68. The fraction of sp³-hybridized carbons (Fsp3) is 0.333. The Morgan fingerprint density at radius 1 is 1.36 bits per heavy atom. The average molecular weight is 276 g/mol. The van der Waals surface area contributed by atoms with Gasteiger partial charge < -0.3 is 0 Å². The predicted octanol–water partition coefficient (Wildman–Crippen LogP) is 1.17. The van der Waals surface area contributed by atoms with Gasteiger partial charge in [-0.2, -0.15) is 0 Å². The molecule has 0 fully saturated rings. The van der Waals surface area contributed by atoms with E-state index in [0.717, 1.165) is 34.7 Å². The van der Waals surface area contributed by atoms with Gasteiger partial charge in [-0.3, -0.25) is 0 Å². The van der Waals surface area contributed by atoms with Crippen molar-refractivity contribution in [1.82, 2.24) is 0 Å². The van der Waals surface area contributed by atoms with Crippen LogP contribution in [-0.4, -0.2) is 29.9 Å². The molecule has 0 N–H and O–H groups in total. The molecule has 0 amide bonds. The van der Waals surface area contributed by atoms with Gasteiger partial charge in [0.05, 0.1) is 0 Å². The average Bonchev–Trinajstić information content (AvgIpc) is 2.06. The van der Waals surface area contributed by atoms with Crippen LogP contribution in [0.15, 0.2) is 24.3 Å². The minimum atomic E-state index is 0.795. The Kier molecular flexibility index (Phi) is 2.38.